The molecule has 0 aliphatic carbocycles. The Kier molecular flexibility index (Phi) is 4.20. The van der Waals surface area contributed by atoms with Crippen molar-refractivity contribution in [3.8, 4) is 0 Å². The first kappa shape index (κ1) is 13.7. The summed E-state index contributed by atoms with van der Waals surface area (Å²) >= 11 is 3.40. The van der Waals surface area contributed by atoms with Gasteiger partial charge in [-0.15, -0.1) is 0 Å². The normalized spacial score (nSPS) is 25.1. The average Bonchev–Trinajstić information content (AvgIpc) is 2.28. The van der Waals surface area contributed by atoms with Gasteiger partial charge >= 0.3 is 0 Å². The lowest BCUT2D eigenvalue weighted by Crippen LogP contribution is -2.47. The number of ketones is 1. The Hall–Kier alpha value is -0.710. The van der Waals surface area contributed by atoms with Gasteiger partial charge in [-0.25, -0.2) is 0 Å². The number of hydrogen-bond donors (Lipinski definition) is 1. The van der Waals surface area contributed by atoms with Crippen molar-refractivity contribution in [3.05, 3.63) is 34.3 Å². The van der Waals surface area contributed by atoms with E-state index in [1.54, 1.807) is 0 Å². The fourth-order valence-electron chi connectivity index (χ4n) is 2.43. The quantitative estimate of drug-likeness (QED) is 0.872. The number of aliphatic hydroxyl groups is 1. The lowest BCUT2D eigenvalue weighted by atomic mass is 9.95. The van der Waals surface area contributed by atoms with Crippen LogP contribution in [-0.2, 0) is 0 Å². The SMILES string of the molecule is CC1(O)CCCN(CC(=O)c2ccccc2Br)C1. The van der Waals surface area contributed by atoms with E-state index in [9.17, 15) is 9.90 Å². The summed E-state index contributed by atoms with van der Waals surface area (Å²) in [5, 5.41) is 10.0. The predicted octanol–water partition coefficient (Wildman–Crippen LogP) is 2.48. The zero-order valence-electron chi connectivity index (χ0n) is 10.5. The molecule has 1 atom stereocenters. The van der Waals surface area contributed by atoms with Crippen LogP contribution >= 0.6 is 15.9 Å². The number of rotatable bonds is 3. The number of benzene rings is 1. The second-order valence-electron chi connectivity index (χ2n) is 5.21. The lowest BCUT2D eigenvalue weighted by Gasteiger charge is -2.36. The van der Waals surface area contributed by atoms with Crippen molar-refractivity contribution in [1.82, 2.24) is 4.90 Å². The van der Waals surface area contributed by atoms with E-state index in [0.29, 0.717) is 18.7 Å². The van der Waals surface area contributed by atoms with Crippen molar-refractivity contribution in [3.63, 3.8) is 0 Å². The molecule has 0 amide bonds. The van der Waals surface area contributed by atoms with Crippen molar-refractivity contribution < 1.29 is 9.90 Å². The van der Waals surface area contributed by atoms with Gasteiger partial charge in [0.1, 0.15) is 0 Å². The summed E-state index contributed by atoms with van der Waals surface area (Å²) in [5.74, 6) is 0.0974. The molecule has 2 rings (SSSR count). The van der Waals surface area contributed by atoms with Gasteiger partial charge in [-0.3, -0.25) is 9.69 Å². The van der Waals surface area contributed by atoms with Crippen LogP contribution < -0.4 is 0 Å². The first-order valence-corrected chi connectivity index (χ1v) is 7.00. The highest BCUT2D eigenvalue weighted by molar-refractivity contribution is 9.10. The van der Waals surface area contributed by atoms with Gasteiger partial charge in [0, 0.05) is 16.6 Å². The van der Waals surface area contributed by atoms with Crippen LogP contribution in [0.1, 0.15) is 30.1 Å². The van der Waals surface area contributed by atoms with Crippen LogP contribution in [0.3, 0.4) is 0 Å². The highest BCUT2D eigenvalue weighted by Gasteiger charge is 2.29. The van der Waals surface area contributed by atoms with Crippen molar-refractivity contribution in [2.24, 2.45) is 0 Å². The number of β-amino-alcohol motifs (C(OH)–C–C–N with tert-alkyl or cyclic N) is 1. The van der Waals surface area contributed by atoms with Gasteiger partial charge in [0.25, 0.3) is 0 Å². The van der Waals surface area contributed by atoms with Crippen LogP contribution in [0.25, 0.3) is 0 Å². The maximum Gasteiger partial charge on any atom is 0.177 e. The Morgan fingerprint density at radius 2 is 2.22 bits per heavy atom. The molecule has 0 saturated carbocycles. The van der Waals surface area contributed by atoms with Crippen LogP contribution in [0.4, 0.5) is 0 Å². The van der Waals surface area contributed by atoms with Gasteiger partial charge in [-0.2, -0.15) is 0 Å². The van der Waals surface area contributed by atoms with E-state index in [4.69, 9.17) is 0 Å². The smallest absolute Gasteiger partial charge is 0.177 e. The summed E-state index contributed by atoms with van der Waals surface area (Å²) < 4.78 is 0.832. The van der Waals surface area contributed by atoms with E-state index in [0.717, 1.165) is 23.9 Å². The zero-order valence-corrected chi connectivity index (χ0v) is 12.1. The summed E-state index contributed by atoms with van der Waals surface area (Å²) in [5.41, 5.74) is 0.0506. The molecule has 3 nitrogen and oxygen atoms in total. The molecule has 1 aliphatic rings. The summed E-state index contributed by atoms with van der Waals surface area (Å²) in [6, 6.07) is 7.46. The van der Waals surface area contributed by atoms with Crippen LogP contribution in [0, 0.1) is 0 Å². The number of piperidine rings is 1. The molecule has 4 heteroatoms. The lowest BCUT2D eigenvalue weighted by molar-refractivity contribution is -0.0133. The monoisotopic (exact) mass is 311 g/mol. The third-order valence-corrected chi connectivity index (χ3v) is 3.99. The molecule has 1 aromatic carbocycles. The highest BCUT2D eigenvalue weighted by atomic mass is 79.9. The molecule has 1 unspecified atom stereocenters. The minimum absolute atomic E-state index is 0.0974. The maximum atomic E-state index is 12.2. The summed E-state index contributed by atoms with van der Waals surface area (Å²) in [4.78, 5) is 14.2. The molecule has 1 heterocycles. The third-order valence-electron chi connectivity index (χ3n) is 3.30. The highest BCUT2D eigenvalue weighted by Crippen LogP contribution is 2.22. The summed E-state index contributed by atoms with van der Waals surface area (Å²) in [7, 11) is 0. The molecule has 0 bridgehead atoms. The first-order chi connectivity index (χ1) is 8.48. The van der Waals surface area contributed by atoms with Crippen LogP contribution in [0.5, 0.6) is 0 Å². The van der Waals surface area contributed by atoms with E-state index in [1.807, 2.05) is 36.1 Å². The molecule has 1 N–H and O–H groups in total. The van der Waals surface area contributed by atoms with Crippen molar-refractivity contribution in [2.45, 2.75) is 25.4 Å². The van der Waals surface area contributed by atoms with Crippen molar-refractivity contribution >= 4 is 21.7 Å². The first-order valence-electron chi connectivity index (χ1n) is 6.20. The fourth-order valence-corrected chi connectivity index (χ4v) is 2.94. The number of likely N-dealkylation sites (tertiary alicyclic amines) is 1. The standard InChI is InChI=1S/C14H18BrNO2/c1-14(18)7-4-8-16(10-14)9-13(17)11-5-2-3-6-12(11)15/h2-3,5-6,18H,4,7-10H2,1H3. The van der Waals surface area contributed by atoms with Gasteiger partial charge in [-0.05, 0) is 32.4 Å². The number of carbonyl (C=O) groups is 1. The maximum absolute atomic E-state index is 12.2. The molecule has 1 aliphatic heterocycles. The van der Waals surface area contributed by atoms with Crippen LogP contribution in [0.2, 0.25) is 0 Å². The zero-order chi connectivity index (χ0) is 13.2. The van der Waals surface area contributed by atoms with E-state index in [-0.39, 0.29) is 5.78 Å². The van der Waals surface area contributed by atoms with Gasteiger partial charge in [0.05, 0.1) is 12.1 Å². The van der Waals surface area contributed by atoms with Gasteiger partial charge in [-0.1, -0.05) is 34.1 Å². The molecule has 0 spiro atoms. The second-order valence-corrected chi connectivity index (χ2v) is 6.07. The average molecular weight is 312 g/mol. The topological polar surface area (TPSA) is 40.5 Å². The molecule has 0 radical (unpaired) electrons. The van der Waals surface area contributed by atoms with Crippen LogP contribution in [-0.4, -0.2) is 41.0 Å². The Balaban J connectivity index is 2.02. The van der Waals surface area contributed by atoms with Gasteiger partial charge < -0.3 is 5.11 Å². The number of nitrogens with zero attached hydrogens (tertiary/aromatic N) is 1. The van der Waals surface area contributed by atoms with Crippen molar-refractivity contribution in [1.29, 1.82) is 0 Å². The summed E-state index contributed by atoms with van der Waals surface area (Å²) in [6.45, 7) is 3.66. The minimum atomic E-state index is -0.660. The Morgan fingerprint density at radius 3 is 2.89 bits per heavy atom. The number of carbonyl (C=O) groups excluding carboxylic acids is 1. The molecule has 1 saturated heterocycles. The number of hydrogen-bond acceptors (Lipinski definition) is 3. The molecular formula is C14H18BrNO2. The third kappa shape index (κ3) is 3.40. The number of halogens is 1. The summed E-state index contributed by atoms with van der Waals surface area (Å²) in [6.07, 6.45) is 1.75. The second kappa shape index (κ2) is 5.51. The van der Waals surface area contributed by atoms with E-state index in [2.05, 4.69) is 15.9 Å². The van der Waals surface area contributed by atoms with Crippen molar-refractivity contribution in [2.75, 3.05) is 19.6 Å². The van der Waals surface area contributed by atoms with Crippen LogP contribution in [0.15, 0.2) is 28.7 Å². The fraction of sp³-hybridized carbons (Fsp3) is 0.500. The van der Waals surface area contributed by atoms with E-state index in [1.165, 1.54) is 0 Å². The van der Waals surface area contributed by atoms with E-state index < -0.39 is 5.60 Å². The predicted molar refractivity (Wildman–Crippen MR) is 74.8 cm³/mol. The minimum Gasteiger partial charge on any atom is -0.389 e. The largest absolute Gasteiger partial charge is 0.389 e. The number of Topliss-reactive ketones (excluding diaryl/α,β-unsaturated/α-hetero) is 1. The Labute approximate surface area is 116 Å². The molecule has 18 heavy (non-hydrogen) atoms. The molecule has 98 valence electrons. The molecular weight excluding hydrogens is 294 g/mol. The van der Waals surface area contributed by atoms with Gasteiger partial charge in [0.15, 0.2) is 5.78 Å². The molecule has 1 aromatic rings. The molecule has 1 fully saturated rings. The Bertz CT molecular complexity index is 445. The Morgan fingerprint density at radius 1 is 1.50 bits per heavy atom. The molecule has 0 aromatic heterocycles. The van der Waals surface area contributed by atoms with E-state index >= 15 is 0 Å². The van der Waals surface area contributed by atoms with Gasteiger partial charge in [0.2, 0.25) is 0 Å².